The first kappa shape index (κ1) is 19.2. The van der Waals surface area contributed by atoms with Gasteiger partial charge in [-0.05, 0) is 26.8 Å². The fourth-order valence-corrected chi connectivity index (χ4v) is 1.50. The molecule has 24 heavy (non-hydrogen) atoms. The zero-order valence-corrected chi connectivity index (χ0v) is 13.2. The molecule has 6 nitrogen and oxygen atoms in total. The maximum absolute atomic E-state index is 13.7. The summed E-state index contributed by atoms with van der Waals surface area (Å²) < 4.78 is 45.9. The third-order valence-electron chi connectivity index (χ3n) is 2.38. The molecule has 1 aromatic rings. The molecule has 0 aliphatic heterocycles. The van der Waals surface area contributed by atoms with Crippen molar-refractivity contribution in [3.05, 3.63) is 23.5 Å². The molecule has 0 saturated heterocycles. The van der Waals surface area contributed by atoms with Crippen LogP contribution in [0.3, 0.4) is 0 Å². The molecular formula is C15H16F3N3O3. The van der Waals surface area contributed by atoms with Gasteiger partial charge in [0.15, 0.2) is 17.5 Å². The first-order valence-corrected chi connectivity index (χ1v) is 6.71. The topological polar surface area (TPSA) is 79.5 Å². The molecule has 0 spiro atoms. The van der Waals surface area contributed by atoms with Gasteiger partial charge >= 0.3 is 12.1 Å². The summed E-state index contributed by atoms with van der Waals surface area (Å²) in [5.74, 6) is -3.02. The van der Waals surface area contributed by atoms with Gasteiger partial charge in [0.25, 0.3) is 0 Å². The number of hydrogen-bond donors (Lipinski definition) is 3. The molecule has 0 aliphatic carbocycles. The molecule has 0 heterocycles. The highest BCUT2D eigenvalue weighted by molar-refractivity contribution is 5.91. The summed E-state index contributed by atoms with van der Waals surface area (Å²) in [6.07, 6.45) is 3.86. The second kappa shape index (κ2) is 7.59. The third kappa shape index (κ3) is 5.39. The highest BCUT2D eigenvalue weighted by Gasteiger charge is 2.23. The lowest BCUT2D eigenvalue weighted by atomic mass is 10.2. The summed E-state index contributed by atoms with van der Waals surface area (Å²) in [5, 5.41) is 6.05. The lowest BCUT2D eigenvalue weighted by molar-refractivity contribution is 0.0635. The number of urea groups is 1. The molecule has 1 aromatic carbocycles. The van der Waals surface area contributed by atoms with Gasteiger partial charge in [-0.2, -0.15) is 0 Å². The van der Waals surface area contributed by atoms with Gasteiger partial charge in [-0.25, -0.2) is 22.8 Å². The number of rotatable bonds is 3. The third-order valence-corrected chi connectivity index (χ3v) is 2.38. The number of carbonyl (C=O) groups excluding carboxylic acids is 2. The Labute approximate surface area is 136 Å². The number of hydrogen-bond acceptors (Lipinski definition) is 3. The molecule has 0 bridgehead atoms. The Kier molecular flexibility index (Phi) is 6.06. The second-order valence-electron chi connectivity index (χ2n) is 5.55. The summed E-state index contributed by atoms with van der Waals surface area (Å²) in [4.78, 5) is 23.0. The Morgan fingerprint density at radius 1 is 1.12 bits per heavy atom. The number of nitrogens with one attached hydrogen (secondary N) is 3. The highest BCUT2D eigenvalue weighted by atomic mass is 19.2. The first-order valence-electron chi connectivity index (χ1n) is 6.71. The van der Waals surface area contributed by atoms with Crippen molar-refractivity contribution < 1.29 is 27.5 Å². The highest BCUT2D eigenvalue weighted by Crippen LogP contribution is 2.27. The Bertz CT molecular complexity index is 694. The first-order chi connectivity index (χ1) is 11.0. The normalized spacial score (nSPS) is 10.5. The van der Waals surface area contributed by atoms with E-state index < -0.39 is 46.6 Å². The van der Waals surface area contributed by atoms with Crippen LogP contribution in [0.4, 0.5) is 34.1 Å². The predicted molar refractivity (Wildman–Crippen MR) is 82.0 cm³/mol. The summed E-state index contributed by atoms with van der Waals surface area (Å²) >= 11 is 0. The second-order valence-corrected chi connectivity index (χ2v) is 5.55. The molecule has 0 aromatic heterocycles. The predicted octanol–water partition coefficient (Wildman–Crippen LogP) is 3.21. The van der Waals surface area contributed by atoms with E-state index in [-0.39, 0.29) is 6.54 Å². The molecule has 0 aliphatic rings. The van der Waals surface area contributed by atoms with Gasteiger partial charge in [-0.3, -0.25) is 5.32 Å². The van der Waals surface area contributed by atoms with Crippen molar-refractivity contribution in [2.75, 3.05) is 17.2 Å². The Balaban J connectivity index is 3.04. The van der Waals surface area contributed by atoms with E-state index in [1.165, 1.54) is 0 Å². The van der Waals surface area contributed by atoms with Crippen molar-refractivity contribution in [3.63, 3.8) is 0 Å². The maximum atomic E-state index is 13.7. The van der Waals surface area contributed by atoms with Crippen molar-refractivity contribution >= 4 is 23.5 Å². The Morgan fingerprint density at radius 3 is 2.17 bits per heavy atom. The van der Waals surface area contributed by atoms with Crippen LogP contribution < -0.4 is 16.0 Å². The standard InChI is InChI=1S/C15H16F3N3O3/c1-5-6-19-13(22)20-8-7-9(11(17)12(18)10(8)16)21-14(23)24-15(2,3)4/h1,7H,6H2,2-4H3,(H,21,23)(H2,19,20,22). The molecule has 0 radical (unpaired) electrons. The van der Waals surface area contributed by atoms with Crippen LogP contribution in [0.5, 0.6) is 0 Å². The van der Waals surface area contributed by atoms with Gasteiger partial charge in [0.2, 0.25) is 0 Å². The largest absolute Gasteiger partial charge is 0.444 e. The molecular weight excluding hydrogens is 327 g/mol. The molecule has 130 valence electrons. The molecule has 3 N–H and O–H groups in total. The fourth-order valence-electron chi connectivity index (χ4n) is 1.50. The van der Waals surface area contributed by atoms with E-state index in [4.69, 9.17) is 11.2 Å². The van der Waals surface area contributed by atoms with Crippen LogP contribution in [-0.4, -0.2) is 24.3 Å². The SMILES string of the molecule is C#CCNC(=O)Nc1cc(NC(=O)OC(C)(C)C)c(F)c(F)c1F. The van der Waals surface area contributed by atoms with Crippen LogP contribution in [0.1, 0.15) is 20.8 Å². The number of terminal acetylenes is 1. The number of carbonyl (C=O) groups is 2. The van der Waals surface area contributed by atoms with E-state index in [0.717, 1.165) is 0 Å². The molecule has 9 heteroatoms. The minimum absolute atomic E-state index is 0.153. The van der Waals surface area contributed by atoms with Gasteiger partial charge in [0.1, 0.15) is 5.60 Å². The molecule has 0 fully saturated rings. The number of anilines is 2. The lowest BCUT2D eigenvalue weighted by Gasteiger charge is -2.20. The quantitative estimate of drug-likeness (QED) is 0.582. The van der Waals surface area contributed by atoms with Crippen LogP contribution in [0.2, 0.25) is 0 Å². The van der Waals surface area contributed by atoms with Gasteiger partial charge in [-0.15, -0.1) is 6.42 Å². The summed E-state index contributed by atoms with van der Waals surface area (Å²) in [6, 6.07) is -0.214. The van der Waals surface area contributed by atoms with Crippen molar-refractivity contribution in [1.29, 1.82) is 0 Å². The van der Waals surface area contributed by atoms with Crippen molar-refractivity contribution in [2.45, 2.75) is 26.4 Å². The van der Waals surface area contributed by atoms with E-state index in [2.05, 4.69) is 11.2 Å². The summed E-state index contributed by atoms with van der Waals surface area (Å²) in [7, 11) is 0. The molecule has 0 saturated carbocycles. The lowest BCUT2D eigenvalue weighted by Crippen LogP contribution is -2.30. The van der Waals surface area contributed by atoms with Crippen LogP contribution in [-0.2, 0) is 4.74 Å². The average Bonchev–Trinajstić information content (AvgIpc) is 2.45. The van der Waals surface area contributed by atoms with Gasteiger partial charge < -0.3 is 15.4 Å². The zero-order chi connectivity index (χ0) is 18.5. The Hall–Kier alpha value is -2.89. The Morgan fingerprint density at radius 2 is 1.67 bits per heavy atom. The van der Waals surface area contributed by atoms with Crippen molar-refractivity contribution in [1.82, 2.24) is 5.32 Å². The van der Waals surface area contributed by atoms with Crippen LogP contribution in [0.25, 0.3) is 0 Å². The minimum atomic E-state index is -1.86. The van der Waals surface area contributed by atoms with E-state index in [1.54, 1.807) is 20.8 Å². The number of amides is 3. The number of ether oxygens (including phenoxy) is 1. The molecule has 0 unspecified atom stereocenters. The summed E-state index contributed by atoms with van der Waals surface area (Å²) in [5.41, 5.74) is -2.26. The van der Waals surface area contributed by atoms with Crippen molar-refractivity contribution in [3.8, 4) is 12.3 Å². The van der Waals surface area contributed by atoms with Gasteiger partial charge in [-0.1, -0.05) is 5.92 Å². The van der Waals surface area contributed by atoms with Gasteiger partial charge in [0.05, 0.1) is 17.9 Å². The van der Waals surface area contributed by atoms with E-state index in [0.29, 0.717) is 6.07 Å². The van der Waals surface area contributed by atoms with E-state index in [1.807, 2.05) is 10.6 Å². The van der Waals surface area contributed by atoms with Crippen LogP contribution in [0, 0.1) is 29.8 Å². The summed E-state index contributed by atoms with van der Waals surface area (Å²) in [6.45, 7) is 4.55. The smallest absolute Gasteiger partial charge is 0.412 e. The number of halogens is 3. The van der Waals surface area contributed by atoms with Gasteiger partial charge in [0, 0.05) is 0 Å². The molecule has 3 amide bonds. The van der Waals surface area contributed by atoms with Crippen LogP contribution in [0.15, 0.2) is 6.07 Å². The maximum Gasteiger partial charge on any atom is 0.412 e. The minimum Gasteiger partial charge on any atom is -0.444 e. The van der Waals surface area contributed by atoms with Crippen molar-refractivity contribution in [2.24, 2.45) is 0 Å². The van der Waals surface area contributed by atoms with E-state index >= 15 is 0 Å². The average molecular weight is 343 g/mol. The number of benzene rings is 1. The zero-order valence-electron chi connectivity index (χ0n) is 13.2. The van der Waals surface area contributed by atoms with E-state index in [9.17, 15) is 22.8 Å². The monoisotopic (exact) mass is 343 g/mol. The molecule has 1 rings (SSSR count). The van der Waals surface area contributed by atoms with Crippen LogP contribution >= 0.6 is 0 Å². The molecule has 0 atom stereocenters. The fraction of sp³-hybridized carbons (Fsp3) is 0.333.